The second-order valence-electron chi connectivity index (χ2n) is 4.41. The van der Waals surface area contributed by atoms with Crippen LogP contribution in [0.5, 0.6) is 0 Å². The van der Waals surface area contributed by atoms with Crippen molar-refractivity contribution in [2.45, 2.75) is 26.7 Å². The van der Waals surface area contributed by atoms with Gasteiger partial charge in [-0.2, -0.15) is 5.10 Å². The van der Waals surface area contributed by atoms with Crippen LogP contribution in [0, 0.1) is 19.8 Å². The normalized spacial score (nSPS) is 20.4. The predicted octanol–water partition coefficient (Wildman–Crippen LogP) is 0.789. The molecule has 0 bridgehead atoms. The van der Waals surface area contributed by atoms with Crippen molar-refractivity contribution in [2.75, 3.05) is 18.0 Å². The molecule has 0 aromatic carbocycles. The Morgan fingerprint density at radius 3 is 2.76 bits per heavy atom. The summed E-state index contributed by atoms with van der Waals surface area (Å²) in [4.78, 5) is 17.2. The van der Waals surface area contributed by atoms with Crippen molar-refractivity contribution in [2.24, 2.45) is 5.92 Å². The van der Waals surface area contributed by atoms with Crippen LogP contribution in [0.3, 0.4) is 0 Å². The molecule has 1 unspecified atom stereocenters. The van der Waals surface area contributed by atoms with Gasteiger partial charge in [0.15, 0.2) is 0 Å². The zero-order valence-corrected chi connectivity index (χ0v) is 10.1. The number of carboxylic acid groups (broad SMARTS) is 1. The number of hydrogen-bond acceptors (Lipinski definition) is 5. The highest BCUT2D eigenvalue weighted by atomic mass is 16.4. The fraction of sp³-hybridized carbons (Fsp3) is 0.636. The lowest BCUT2D eigenvalue weighted by molar-refractivity contribution is -0.141. The molecule has 1 aliphatic heterocycles. The number of carboxylic acids is 1. The third kappa shape index (κ3) is 2.51. The second kappa shape index (κ2) is 4.65. The first-order valence-electron chi connectivity index (χ1n) is 5.73. The molecular formula is C11H16N4O2. The minimum absolute atomic E-state index is 0.325. The van der Waals surface area contributed by atoms with Crippen molar-refractivity contribution >= 4 is 11.9 Å². The highest BCUT2D eigenvalue weighted by Gasteiger charge is 2.27. The number of rotatable bonds is 2. The van der Waals surface area contributed by atoms with Crippen LogP contribution in [-0.4, -0.2) is 39.3 Å². The van der Waals surface area contributed by atoms with E-state index in [1.165, 1.54) is 0 Å². The van der Waals surface area contributed by atoms with Gasteiger partial charge in [0.1, 0.15) is 0 Å². The van der Waals surface area contributed by atoms with Gasteiger partial charge in [-0.15, -0.1) is 5.10 Å². The molecule has 2 heterocycles. The lowest BCUT2D eigenvalue weighted by Gasteiger charge is -2.30. The summed E-state index contributed by atoms with van der Waals surface area (Å²) in [5, 5.41) is 17.1. The Morgan fingerprint density at radius 2 is 2.12 bits per heavy atom. The minimum Gasteiger partial charge on any atom is -0.481 e. The second-order valence-corrected chi connectivity index (χ2v) is 4.41. The Hall–Kier alpha value is -1.72. The molecule has 0 spiro atoms. The van der Waals surface area contributed by atoms with Gasteiger partial charge < -0.3 is 10.0 Å². The number of aryl methyl sites for hydroxylation is 2. The largest absolute Gasteiger partial charge is 0.481 e. The van der Waals surface area contributed by atoms with E-state index in [1.54, 1.807) is 0 Å². The summed E-state index contributed by atoms with van der Waals surface area (Å²) >= 11 is 0. The summed E-state index contributed by atoms with van der Waals surface area (Å²) in [6, 6.07) is 0. The highest BCUT2D eigenvalue weighted by molar-refractivity contribution is 5.71. The minimum atomic E-state index is -0.744. The molecule has 17 heavy (non-hydrogen) atoms. The smallest absolute Gasteiger partial charge is 0.308 e. The molecular weight excluding hydrogens is 220 g/mol. The first kappa shape index (κ1) is 11.8. The van der Waals surface area contributed by atoms with Crippen LogP contribution in [0.2, 0.25) is 0 Å². The molecule has 0 saturated carbocycles. The highest BCUT2D eigenvalue weighted by Crippen LogP contribution is 2.20. The van der Waals surface area contributed by atoms with Crippen molar-refractivity contribution < 1.29 is 9.90 Å². The molecule has 6 nitrogen and oxygen atoms in total. The van der Waals surface area contributed by atoms with Crippen LogP contribution in [0.15, 0.2) is 0 Å². The fourth-order valence-corrected chi connectivity index (χ4v) is 1.94. The van der Waals surface area contributed by atoms with E-state index in [0.717, 1.165) is 30.8 Å². The number of carbonyl (C=O) groups is 1. The zero-order chi connectivity index (χ0) is 12.4. The lowest BCUT2D eigenvalue weighted by Crippen LogP contribution is -2.39. The fourth-order valence-electron chi connectivity index (χ4n) is 1.94. The van der Waals surface area contributed by atoms with Crippen LogP contribution in [0.4, 0.5) is 5.95 Å². The van der Waals surface area contributed by atoms with E-state index in [1.807, 2.05) is 18.7 Å². The van der Waals surface area contributed by atoms with Gasteiger partial charge in [0, 0.05) is 13.1 Å². The summed E-state index contributed by atoms with van der Waals surface area (Å²) in [6.07, 6.45) is 1.58. The molecule has 0 amide bonds. The Kier molecular flexibility index (Phi) is 3.21. The van der Waals surface area contributed by atoms with Gasteiger partial charge in [-0.05, 0) is 26.7 Å². The molecule has 1 aliphatic rings. The number of nitrogens with zero attached hydrogens (tertiary/aromatic N) is 4. The van der Waals surface area contributed by atoms with E-state index in [4.69, 9.17) is 5.11 Å². The number of anilines is 1. The van der Waals surface area contributed by atoms with Gasteiger partial charge in [0.05, 0.1) is 17.3 Å². The van der Waals surface area contributed by atoms with Crippen molar-refractivity contribution in [1.82, 2.24) is 15.2 Å². The van der Waals surface area contributed by atoms with E-state index in [2.05, 4.69) is 15.2 Å². The number of piperidine rings is 1. The molecule has 1 aromatic heterocycles. The molecule has 0 aliphatic carbocycles. The van der Waals surface area contributed by atoms with Crippen LogP contribution in [0.1, 0.15) is 24.2 Å². The maximum atomic E-state index is 11.0. The van der Waals surface area contributed by atoms with Crippen molar-refractivity contribution in [1.29, 1.82) is 0 Å². The van der Waals surface area contributed by atoms with E-state index in [-0.39, 0.29) is 5.92 Å². The molecule has 2 rings (SSSR count). The first-order chi connectivity index (χ1) is 8.08. The topological polar surface area (TPSA) is 79.2 Å². The van der Waals surface area contributed by atoms with Crippen LogP contribution in [-0.2, 0) is 4.79 Å². The average molecular weight is 236 g/mol. The Balaban J connectivity index is 2.16. The van der Waals surface area contributed by atoms with Crippen molar-refractivity contribution in [3.05, 3.63) is 11.4 Å². The standard InChI is InChI=1S/C11H16N4O2/c1-7-8(2)13-14-11(12-7)15-5-3-4-9(6-15)10(16)17/h9H,3-6H2,1-2H3,(H,16,17). The molecule has 1 aromatic rings. The van der Waals surface area contributed by atoms with Crippen LogP contribution < -0.4 is 4.90 Å². The van der Waals surface area contributed by atoms with E-state index in [9.17, 15) is 4.79 Å². The Bertz CT molecular complexity index is 435. The number of hydrogen-bond donors (Lipinski definition) is 1. The van der Waals surface area contributed by atoms with Gasteiger partial charge in [0.25, 0.3) is 0 Å². The summed E-state index contributed by atoms with van der Waals surface area (Å²) in [6.45, 7) is 5.01. The molecule has 92 valence electrons. The summed E-state index contributed by atoms with van der Waals surface area (Å²) < 4.78 is 0. The molecule has 1 atom stereocenters. The van der Waals surface area contributed by atoms with E-state index in [0.29, 0.717) is 12.5 Å². The zero-order valence-electron chi connectivity index (χ0n) is 10.1. The van der Waals surface area contributed by atoms with Gasteiger partial charge in [0.2, 0.25) is 5.95 Å². The number of aromatic nitrogens is 3. The van der Waals surface area contributed by atoms with E-state index >= 15 is 0 Å². The van der Waals surface area contributed by atoms with E-state index < -0.39 is 5.97 Å². The molecule has 0 radical (unpaired) electrons. The maximum absolute atomic E-state index is 11.0. The third-order valence-electron chi connectivity index (χ3n) is 3.13. The van der Waals surface area contributed by atoms with Crippen LogP contribution in [0.25, 0.3) is 0 Å². The van der Waals surface area contributed by atoms with Crippen LogP contribution >= 0.6 is 0 Å². The quantitative estimate of drug-likeness (QED) is 0.817. The van der Waals surface area contributed by atoms with Gasteiger partial charge in [-0.25, -0.2) is 4.98 Å². The van der Waals surface area contributed by atoms with Crippen molar-refractivity contribution in [3.63, 3.8) is 0 Å². The Morgan fingerprint density at radius 1 is 1.35 bits per heavy atom. The first-order valence-corrected chi connectivity index (χ1v) is 5.73. The Labute approximate surface area is 99.7 Å². The molecule has 6 heteroatoms. The maximum Gasteiger partial charge on any atom is 0.308 e. The van der Waals surface area contributed by atoms with Crippen molar-refractivity contribution in [3.8, 4) is 0 Å². The SMILES string of the molecule is Cc1nnc(N2CCCC(C(=O)O)C2)nc1C. The van der Waals surface area contributed by atoms with Gasteiger partial charge in [-0.1, -0.05) is 0 Å². The lowest BCUT2D eigenvalue weighted by atomic mass is 9.99. The molecule has 1 saturated heterocycles. The average Bonchev–Trinajstić information content (AvgIpc) is 2.33. The summed E-state index contributed by atoms with van der Waals surface area (Å²) in [5.74, 6) is -0.528. The third-order valence-corrected chi connectivity index (χ3v) is 3.13. The summed E-state index contributed by atoms with van der Waals surface area (Å²) in [5.41, 5.74) is 1.65. The number of aliphatic carboxylic acids is 1. The summed E-state index contributed by atoms with van der Waals surface area (Å²) in [7, 11) is 0. The monoisotopic (exact) mass is 236 g/mol. The molecule has 1 fully saturated rings. The predicted molar refractivity (Wildman–Crippen MR) is 61.9 cm³/mol. The van der Waals surface area contributed by atoms with Gasteiger partial charge >= 0.3 is 5.97 Å². The van der Waals surface area contributed by atoms with Gasteiger partial charge in [-0.3, -0.25) is 4.79 Å². The molecule has 1 N–H and O–H groups in total.